The molecule has 1 heterocycles. The average molecular weight is 547 g/mol. The van der Waals surface area contributed by atoms with E-state index in [1.54, 1.807) is 51.7 Å². The molecule has 4 aromatic rings. The van der Waals surface area contributed by atoms with Crippen molar-refractivity contribution in [3.8, 4) is 34.1 Å². The van der Waals surface area contributed by atoms with Gasteiger partial charge in [0.25, 0.3) is 5.91 Å². The van der Waals surface area contributed by atoms with Crippen LogP contribution in [0.5, 0.6) is 23.0 Å². The van der Waals surface area contributed by atoms with Gasteiger partial charge in [0.1, 0.15) is 22.8 Å². The molecule has 0 spiro atoms. The van der Waals surface area contributed by atoms with Crippen molar-refractivity contribution in [3.05, 3.63) is 76.1 Å². The number of benzene rings is 3. The summed E-state index contributed by atoms with van der Waals surface area (Å²) in [4.78, 5) is 28.2. The predicted molar refractivity (Wildman–Crippen MR) is 155 cm³/mol. The first kappa shape index (κ1) is 28.5. The van der Waals surface area contributed by atoms with E-state index in [4.69, 9.17) is 23.4 Å². The Morgan fingerprint density at radius 1 is 0.950 bits per heavy atom. The molecule has 0 aliphatic rings. The molecule has 0 atom stereocenters. The summed E-state index contributed by atoms with van der Waals surface area (Å²) in [5, 5.41) is 3.29. The number of nitrogens with zero attached hydrogens (tertiary/aromatic N) is 1. The minimum absolute atomic E-state index is 0.0114. The van der Waals surface area contributed by atoms with Gasteiger partial charge in [-0.1, -0.05) is 12.1 Å². The maximum Gasteiger partial charge on any atom is 0.360 e. The molecule has 0 saturated heterocycles. The lowest BCUT2D eigenvalue weighted by Gasteiger charge is -2.16. The van der Waals surface area contributed by atoms with Crippen LogP contribution in [-0.4, -0.2) is 59.4 Å². The number of ether oxygens (including phenoxy) is 4. The number of aryl methyl sites for hydroxylation is 1. The Morgan fingerprint density at radius 2 is 1.73 bits per heavy atom. The van der Waals surface area contributed by atoms with Crippen molar-refractivity contribution in [2.75, 3.05) is 53.9 Å². The molecule has 9 nitrogen and oxygen atoms in total. The molecular weight excluding hydrogens is 512 g/mol. The minimum Gasteiger partial charge on any atom is -0.497 e. The van der Waals surface area contributed by atoms with Gasteiger partial charge in [0.15, 0.2) is 11.5 Å². The Hall–Kier alpha value is -4.50. The van der Waals surface area contributed by atoms with E-state index >= 15 is 0 Å². The summed E-state index contributed by atoms with van der Waals surface area (Å²) in [5.41, 5.74) is 2.22. The van der Waals surface area contributed by atoms with E-state index in [2.05, 4.69) is 10.2 Å². The van der Waals surface area contributed by atoms with Gasteiger partial charge in [0, 0.05) is 28.6 Å². The summed E-state index contributed by atoms with van der Waals surface area (Å²) in [6.45, 7) is 3.17. The van der Waals surface area contributed by atoms with E-state index in [-0.39, 0.29) is 5.69 Å². The van der Waals surface area contributed by atoms with Crippen molar-refractivity contribution in [1.29, 1.82) is 0 Å². The normalized spacial score (nSPS) is 11.0. The third kappa shape index (κ3) is 6.21. The molecule has 0 saturated carbocycles. The molecule has 3 aromatic carbocycles. The van der Waals surface area contributed by atoms with Crippen LogP contribution in [0.2, 0.25) is 0 Å². The van der Waals surface area contributed by atoms with Gasteiger partial charge in [-0.3, -0.25) is 4.79 Å². The summed E-state index contributed by atoms with van der Waals surface area (Å²) < 4.78 is 28.1. The molecule has 1 amide bonds. The summed E-state index contributed by atoms with van der Waals surface area (Å²) >= 11 is 0. The van der Waals surface area contributed by atoms with E-state index in [1.165, 1.54) is 0 Å². The standard InChI is InChI=1S/C31H34N2O7/c1-19-28-22(18-27(38-6)29(19)39-14-8-13-33(2)3)17-25(31(35)40-28)32-30(34)21-11-12-26(37-5)24(16-21)20-9-7-10-23(15-20)36-4/h7,9-12,15-18H,8,13-14H2,1-6H3,(H,32,34). The lowest BCUT2D eigenvalue weighted by molar-refractivity contribution is 0.102. The molecule has 0 fully saturated rings. The van der Waals surface area contributed by atoms with Gasteiger partial charge in [0.2, 0.25) is 0 Å². The third-order valence-electron chi connectivity index (χ3n) is 6.47. The number of carbonyl (C=O) groups excluding carboxylic acids is 1. The number of rotatable bonds is 11. The number of methoxy groups -OCH3 is 3. The van der Waals surface area contributed by atoms with Crippen LogP contribution in [-0.2, 0) is 0 Å². The van der Waals surface area contributed by atoms with Crippen LogP contribution >= 0.6 is 0 Å². The van der Waals surface area contributed by atoms with Gasteiger partial charge in [-0.25, -0.2) is 4.79 Å². The highest BCUT2D eigenvalue weighted by molar-refractivity contribution is 6.06. The Kier molecular flexibility index (Phi) is 8.96. The Morgan fingerprint density at radius 3 is 2.42 bits per heavy atom. The summed E-state index contributed by atoms with van der Waals surface area (Å²) in [6, 6.07) is 15.8. The number of anilines is 1. The lowest BCUT2D eigenvalue weighted by atomic mass is 10.0. The van der Waals surface area contributed by atoms with Gasteiger partial charge < -0.3 is 33.6 Å². The van der Waals surface area contributed by atoms with Crippen LogP contribution in [0.25, 0.3) is 22.1 Å². The van der Waals surface area contributed by atoms with Crippen molar-refractivity contribution in [2.24, 2.45) is 0 Å². The fraction of sp³-hybridized carbons (Fsp3) is 0.290. The second-order valence-electron chi connectivity index (χ2n) is 9.51. The fourth-order valence-corrected chi connectivity index (χ4v) is 4.41. The summed E-state index contributed by atoms with van der Waals surface area (Å²) in [7, 11) is 8.71. The maximum absolute atomic E-state index is 13.2. The second-order valence-corrected chi connectivity index (χ2v) is 9.51. The molecule has 40 heavy (non-hydrogen) atoms. The summed E-state index contributed by atoms with van der Waals surface area (Å²) in [5.74, 6) is 1.84. The Bertz CT molecular complexity index is 1580. The Balaban J connectivity index is 1.64. The van der Waals surface area contributed by atoms with Crippen molar-refractivity contribution in [3.63, 3.8) is 0 Å². The van der Waals surface area contributed by atoms with Gasteiger partial charge in [-0.2, -0.15) is 0 Å². The van der Waals surface area contributed by atoms with Crippen LogP contribution in [0.4, 0.5) is 5.69 Å². The van der Waals surface area contributed by atoms with Crippen molar-refractivity contribution >= 4 is 22.6 Å². The highest BCUT2D eigenvalue weighted by atomic mass is 16.5. The van der Waals surface area contributed by atoms with E-state index in [1.807, 2.05) is 45.3 Å². The molecule has 0 unspecified atom stereocenters. The molecular formula is C31H34N2O7. The SMILES string of the molecule is COc1cccc(-c2cc(C(=O)Nc3cc4cc(OC)c(OCCCN(C)C)c(C)c4oc3=O)ccc2OC)c1. The first-order valence-electron chi connectivity index (χ1n) is 12.8. The van der Waals surface area contributed by atoms with E-state index < -0.39 is 11.5 Å². The van der Waals surface area contributed by atoms with Gasteiger partial charge in [-0.05, 0) is 75.5 Å². The highest BCUT2D eigenvalue weighted by Crippen LogP contribution is 2.38. The zero-order valence-corrected chi connectivity index (χ0v) is 23.6. The molecule has 210 valence electrons. The van der Waals surface area contributed by atoms with Crippen LogP contribution in [0.3, 0.4) is 0 Å². The Labute approximate surface area is 233 Å². The zero-order valence-electron chi connectivity index (χ0n) is 23.6. The molecule has 1 aromatic heterocycles. The first-order chi connectivity index (χ1) is 19.2. The number of hydrogen-bond donors (Lipinski definition) is 1. The fourth-order valence-electron chi connectivity index (χ4n) is 4.41. The quantitative estimate of drug-likeness (QED) is 0.198. The second kappa shape index (κ2) is 12.6. The van der Waals surface area contributed by atoms with Gasteiger partial charge in [0.05, 0.1) is 27.9 Å². The molecule has 1 N–H and O–H groups in total. The minimum atomic E-state index is -0.672. The molecule has 0 radical (unpaired) electrons. The number of hydrogen-bond acceptors (Lipinski definition) is 8. The van der Waals surface area contributed by atoms with E-state index in [0.29, 0.717) is 57.3 Å². The van der Waals surface area contributed by atoms with Crippen LogP contribution < -0.4 is 29.9 Å². The maximum atomic E-state index is 13.2. The lowest BCUT2D eigenvalue weighted by Crippen LogP contribution is -2.18. The van der Waals surface area contributed by atoms with Gasteiger partial charge >= 0.3 is 5.63 Å². The van der Waals surface area contributed by atoms with E-state index in [0.717, 1.165) is 18.5 Å². The average Bonchev–Trinajstić information content (AvgIpc) is 2.96. The number of nitrogens with one attached hydrogen (secondary N) is 1. The van der Waals surface area contributed by atoms with Crippen molar-refractivity contribution in [1.82, 2.24) is 4.90 Å². The topological polar surface area (TPSA) is 99.5 Å². The largest absolute Gasteiger partial charge is 0.497 e. The van der Waals surface area contributed by atoms with Crippen LogP contribution in [0.15, 0.2) is 63.8 Å². The van der Waals surface area contributed by atoms with E-state index in [9.17, 15) is 9.59 Å². The van der Waals surface area contributed by atoms with Crippen molar-refractivity contribution < 1.29 is 28.2 Å². The molecule has 0 aliphatic carbocycles. The predicted octanol–water partition coefficient (Wildman–Crippen LogP) is 5.38. The molecule has 0 bridgehead atoms. The number of fused-ring (bicyclic) bond motifs is 1. The zero-order chi connectivity index (χ0) is 28.8. The van der Waals surface area contributed by atoms with Crippen molar-refractivity contribution in [2.45, 2.75) is 13.3 Å². The molecule has 4 rings (SSSR count). The van der Waals surface area contributed by atoms with Crippen LogP contribution in [0.1, 0.15) is 22.3 Å². The number of amides is 1. The smallest absolute Gasteiger partial charge is 0.360 e. The third-order valence-corrected chi connectivity index (χ3v) is 6.47. The van der Waals surface area contributed by atoms with Gasteiger partial charge in [-0.15, -0.1) is 0 Å². The molecule has 9 heteroatoms. The monoisotopic (exact) mass is 546 g/mol. The number of carbonyl (C=O) groups is 1. The first-order valence-corrected chi connectivity index (χ1v) is 12.8. The molecule has 0 aliphatic heterocycles. The van der Waals surface area contributed by atoms with Crippen LogP contribution in [0, 0.1) is 6.92 Å². The highest BCUT2D eigenvalue weighted by Gasteiger charge is 2.19. The summed E-state index contributed by atoms with van der Waals surface area (Å²) in [6.07, 6.45) is 0.827.